The number of rotatable bonds is 3. The van der Waals surface area contributed by atoms with Crippen molar-refractivity contribution < 1.29 is 9.47 Å². The van der Waals surface area contributed by atoms with Crippen molar-refractivity contribution >= 4 is 0 Å². The Morgan fingerprint density at radius 1 is 1.24 bits per heavy atom. The molecule has 1 unspecified atom stereocenters. The van der Waals surface area contributed by atoms with E-state index in [0.29, 0.717) is 0 Å². The standard InChI is InChI=1S/C14H21NO2/c1-10-11(14(2)8-5-9-15-14)6-7-12(16-3)13(10)17-4/h6-7,15H,5,8-9H2,1-4H3. The maximum atomic E-state index is 5.46. The van der Waals surface area contributed by atoms with Gasteiger partial charge in [0.05, 0.1) is 14.2 Å². The molecule has 1 aromatic carbocycles. The Hall–Kier alpha value is -1.22. The monoisotopic (exact) mass is 235 g/mol. The molecule has 1 fully saturated rings. The van der Waals surface area contributed by atoms with Gasteiger partial charge in [0.2, 0.25) is 0 Å². The first-order chi connectivity index (χ1) is 8.12. The van der Waals surface area contributed by atoms with Crippen molar-refractivity contribution in [3.8, 4) is 11.5 Å². The summed E-state index contributed by atoms with van der Waals surface area (Å²) in [7, 11) is 3.37. The molecule has 0 bridgehead atoms. The molecule has 3 heteroatoms. The van der Waals surface area contributed by atoms with Crippen LogP contribution in [0.2, 0.25) is 0 Å². The normalized spacial score (nSPS) is 23.8. The van der Waals surface area contributed by atoms with Gasteiger partial charge in [-0.15, -0.1) is 0 Å². The van der Waals surface area contributed by atoms with E-state index < -0.39 is 0 Å². The Morgan fingerprint density at radius 2 is 2.00 bits per heavy atom. The first-order valence-corrected chi connectivity index (χ1v) is 6.09. The quantitative estimate of drug-likeness (QED) is 0.873. The summed E-state index contributed by atoms with van der Waals surface area (Å²) in [5.41, 5.74) is 2.56. The Bertz CT molecular complexity index is 409. The molecule has 1 aliphatic heterocycles. The number of ether oxygens (including phenoxy) is 2. The average Bonchev–Trinajstić information content (AvgIpc) is 2.76. The molecule has 0 spiro atoms. The number of methoxy groups -OCH3 is 2. The van der Waals surface area contributed by atoms with E-state index in [2.05, 4.69) is 25.2 Å². The number of hydrogen-bond donors (Lipinski definition) is 1. The second-order valence-corrected chi connectivity index (χ2v) is 4.84. The molecule has 3 nitrogen and oxygen atoms in total. The maximum absolute atomic E-state index is 5.46. The molecule has 17 heavy (non-hydrogen) atoms. The van der Waals surface area contributed by atoms with Crippen LogP contribution in [0.25, 0.3) is 0 Å². The number of hydrogen-bond acceptors (Lipinski definition) is 3. The number of nitrogens with one attached hydrogen (secondary N) is 1. The van der Waals surface area contributed by atoms with E-state index in [1.807, 2.05) is 6.07 Å². The third-order valence-corrected chi connectivity index (χ3v) is 3.76. The van der Waals surface area contributed by atoms with Gasteiger partial charge in [-0.05, 0) is 50.4 Å². The molecule has 1 aliphatic rings. The second kappa shape index (κ2) is 4.57. The predicted molar refractivity (Wildman–Crippen MR) is 68.9 cm³/mol. The molecule has 94 valence electrons. The van der Waals surface area contributed by atoms with Gasteiger partial charge in [-0.25, -0.2) is 0 Å². The molecule has 1 saturated heterocycles. The zero-order valence-corrected chi connectivity index (χ0v) is 11.1. The minimum atomic E-state index is 0.0731. The van der Waals surface area contributed by atoms with Crippen LogP contribution in [0.4, 0.5) is 0 Å². The molecule has 0 amide bonds. The molecule has 0 aromatic heterocycles. The smallest absolute Gasteiger partial charge is 0.163 e. The third-order valence-electron chi connectivity index (χ3n) is 3.76. The molecule has 2 rings (SSSR count). The minimum absolute atomic E-state index is 0.0731. The largest absolute Gasteiger partial charge is 0.493 e. The van der Waals surface area contributed by atoms with E-state index in [-0.39, 0.29) is 5.54 Å². The van der Waals surface area contributed by atoms with Crippen molar-refractivity contribution in [2.75, 3.05) is 20.8 Å². The molecule has 1 N–H and O–H groups in total. The van der Waals surface area contributed by atoms with Crippen LogP contribution in [0.3, 0.4) is 0 Å². The van der Waals surface area contributed by atoms with Crippen LogP contribution in [0, 0.1) is 6.92 Å². The van der Waals surface area contributed by atoms with Gasteiger partial charge in [0.25, 0.3) is 0 Å². The highest BCUT2D eigenvalue weighted by molar-refractivity contribution is 5.52. The van der Waals surface area contributed by atoms with E-state index in [1.54, 1.807) is 14.2 Å². The van der Waals surface area contributed by atoms with Crippen molar-refractivity contribution in [3.63, 3.8) is 0 Å². The van der Waals surface area contributed by atoms with Gasteiger partial charge in [0.1, 0.15) is 0 Å². The van der Waals surface area contributed by atoms with Gasteiger partial charge in [-0.3, -0.25) is 0 Å². The lowest BCUT2D eigenvalue weighted by molar-refractivity contribution is 0.348. The first-order valence-electron chi connectivity index (χ1n) is 6.09. The Morgan fingerprint density at radius 3 is 2.53 bits per heavy atom. The Kier molecular flexibility index (Phi) is 3.29. The van der Waals surface area contributed by atoms with E-state index in [9.17, 15) is 0 Å². The molecule has 1 aromatic rings. The fraction of sp³-hybridized carbons (Fsp3) is 0.571. The average molecular weight is 235 g/mol. The summed E-state index contributed by atoms with van der Waals surface area (Å²) in [4.78, 5) is 0. The van der Waals surface area contributed by atoms with Crippen molar-refractivity contribution in [2.45, 2.75) is 32.2 Å². The zero-order valence-electron chi connectivity index (χ0n) is 11.1. The molecular weight excluding hydrogens is 214 g/mol. The maximum Gasteiger partial charge on any atom is 0.163 e. The molecule has 1 atom stereocenters. The van der Waals surface area contributed by atoms with Crippen LogP contribution in [-0.4, -0.2) is 20.8 Å². The van der Waals surface area contributed by atoms with Crippen LogP contribution in [0.1, 0.15) is 30.9 Å². The van der Waals surface area contributed by atoms with Crippen LogP contribution < -0.4 is 14.8 Å². The van der Waals surface area contributed by atoms with Gasteiger partial charge >= 0.3 is 0 Å². The highest BCUT2D eigenvalue weighted by Crippen LogP contribution is 2.40. The number of benzene rings is 1. The molecule has 1 heterocycles. The highest BCUT2D eigenvalue weighted by Gasteiger charge is 2.32. The lowest BCUT2D eigenvalue weighted by Gasteiger charge is -2.28. The summed E-state index contributed by atoms with van der Waals surface area (Å²) in [5.74, 6) is 1.65. The van der Waals surface area contributed by atoms with Crippen molar-refractivity contribution in [1.29, 1.82) is 0 Å². The summed E-state index contributed by atoms with van der Waals surface area (Å²) in [6.07, 6.45) is 2.40. The first kappa shape index (κ1) is 12.2. The second-order valence-electron chi connectivity index (χ2n) is 4.84. The molecule has 0 radical (unpaired) electrons. The van der Waals surface area contributed by atoms with Gasteiger partial charge < -0.3 is 14.8 Å². The van der Waals surface area contributed by atoms with Crippen LogP contribution >= 0.6 is 0 Å². The van der Waals surface area contributed by atoms with Crippen molar-refractivity contribution in [3.05, 3.63) is 23.3 Å². The van der Waals surface area contributed by atoms with Gasteiger partial charge in [0, 0.05) is 5.54 Å². The lowest BCUT2D eigenvalue weighted by atomic mass is 9.87. The Labute approximate surface area is 103 Å². The molecular formula is C14H21NO2. The third kappa shape index (κ3) is 2.00. The Balaban J connectivity index is 2.49. The van der Waals surface area contributed by atoms with E-state index in [1.165, 1.54) is 24.0 Å². The summed E-state index contributed by atoms with van der Waals surface area (Å²) >= 11 is 0. The lowest BCUT2D eigenvalue weighted by Crippen LogP contribution is -2.33. The topological polar surface area (TPSA) is 30.5 Å². The van der Waals surface area contributed by atoms with E-state index >= 15 is 0 Å². The zero-order chi connectivity index (χ0) is 12.5. The highest BCUT2D eigenvalue weighted by atomic mass is 16.5. The SMILES string of the molecule is COc1ccc(C2(C)CCCN2)c(C)c1OC. The van der Waals surface area contributed by atoms with Crippen LogP contribution in [0.5, 0.6) is 11.5 Å². The summed E-state index contributed by atoms with van der Waals surface area (Å²) in [6, 6.07) is 4.14. The fourth-order valence-corrected chi connectivity index (χ4v) is 2.80. The van der Waals surface area contributed by atoms with Gasteiger partial charge in [-0.2, -0.15) is 0 Å². The van der Waals surface area contributed by atoms with Crippen LogP contribution in [0.15, 0.2) is 12.1 Å². The van der Waals surface area contributed by atoms with Crippen LogP contribution in [-0.2, 0) is 5.54 Å². The molecule has 0 saturated carbocycles. The summed E-state index contributed by atoms with van der Waals surface area (Å²) < 4.78 is 10.8. The van der Waals surface area contributed by atoms with E-state index in [4.69, 9.17) is 9.47 Å². The van der Waals surface area contributed by atoms with Crippen molar-refractivity contribution in [2.24, 2.45) is 0 Å². The predicted octanol–water partition coefficient (Wildman–Crippen LogP) is 2.61. The summed E-state index contributed by atoms with van der Waals surface area (Å²) in [6.45, 7) is 5.44. The fourth-order valence-electron chi connectivity index (χ4n) is 2.80. The minimum Gasteiger partial charge on any atom is -0.493 e. The van der Waals surface area contributed by atoms with Gasteiger partial charge in [0.15, 0.2) is 11.5 Å². The molecule has 0 aliphatic carbocycles. The summed E-state index contributed by atoms with van der Waals surface area (Å²) in [5, 5.41) is 3.58. The van der Waals surface area contributed by atoms with Gasteiger partial charge in [-0.1, -0.05) is 6.07 Å². The van der Waals surface area contributed by atoms with Crippen molar-refractivity contribution in [1.82, 2.24) is 5.32 Å². The van der Waals surface area contributed by atoms with E-state index in [0.717, 1.165) is 18.0 Å².